The molecule has 3 rings (SSSR count). The highest BCUT2D eigenvalue weighted by Gasteiger charge is 2.22. The van der Waals surface area contributed by atoms with E-state index < -0.39 is 0 Å². The zero-order chi connectivity index (χ0) is 15.4. The number of aliphatic hydroxyl groups excluding tert-OH is 1. The molecule has 0 unspecified atom stereocenters. The molecule has 1 amide bonds. The lowest BCUT2D eigenvalue weighted by Crippen LogP contribution is -2.38. The quantitative estimate of drug-likeness (QED) is 0.890. The largest absolute Gasteiger partial charge is 0.393 e. The standard InChI is InChI=1S/C16H26N4O2/c21-14-8-6-13(7-9-14)17-16(22)15-11-20(19-18-15)10-12-4-2-1-3-5-12/h11-14,21H,1-10H2,(H,17,22). The lowest BCUT2D eigenvalue weighted by Gasteiger charge is -2.25. The molecule has 6 heteroatoms. The van der Waals surface area contributed by atoms with Crippen molar-refractivity contribution in [3.63, 3.8) is 0 Å². The smallest absolute Gasteiger partial charge is 0.273 e. The van der Waals surface area contributed by atoms with Gasteiger partial charge in [0, 0.05) is 12.6 Å². The van der Waals surface area contributed by atoms with E-state index >= 15 is 0 Å². The van der Waals surface area contributed by atoms with Crippen LogP contribution in [0, 0.1) is 5.92 Å². The first-order chi connectivity index (χ1) is 10.7. The topological polar surface area (TPSA) is 80.0 Å². The van der Waals surface area contributed by atoms with Crippen LogP contribution in [0.5, 0.6) is 0 Å². The van der Waals surface area contributed by atoms with Gasteiger partial charge in [0.1, 0.15) is 0 Å². The summed E-state index contributed by atoms with van der Waals surface area (Å²) in [6.07, 6.45) is 11.2. The van der Waals surface area contributed by atoms with Crippen LogP contribution >= 0.6 is 0 Å². The molecule has 122 valence electrons. The molecule has 6 nitrogen and oxygen atoms in total. The van der Waals surface area contributed by atoms with Gasteiger partial charge in [-0.15, -0.1) is 5.10 Å². The number of hydrogen-bond acceptors (Lipinski definition) is 4. The number of carbonyl (C=O) groups is 1. The Labute approximate surface area is 131 Å². The number of nitrogens with zero attached hydrogens (tertiary/aromatic N) is 3. The summed E-state index contributed by atoms with van der Waals surface area (Å²) in [5.74, 6) is 0.530. The van der Waals surface area contributed by atoms with Crippen LogP contribution in [0.15, 0.2) is 6.20 Å². The van der Waals surface area contributed by atoms with Crippen molar-refractivity contribution < 1.29 is 9.90 Å². The molecule has 1 heterocycles. The van der Waals surface area contributed by atoms with Gasteiger partial charge in [-0.05, 0) is 44.4 Å². The third kappa shape index (κ3) is 4.06. The molecule has 0 spiro atoms. The lowest BCUT2D eigenvalue weighted by molar-refractivity contribution is 0.0863. The molecule has 0 saturated heterocycles. The summed E-state index contributed by atoms with van der Waals surface area (Å²) in [4.78, 5) is 12.2. The number of rotatable bonds is 4. The molecule has 2 aliphatic rings. The van der Waals surface area contributed by atoms with E-state index in [1.807, 2.05) is 4.68 Å². The minimum Gasteiger partial charge on any atom is -0.393 e. The zero-order valence-electron chi connectivity index (χ0n) is 13.1. The average Bonchev–Trinajstić information content (AvgIpc) is 2.99. The Morgan fingerprint density at radius 2 is 1.91 bits per heavy atom. The van der Waals surface area contributed by atoms with Crippen molar-refractivity contribution >= 4 is 5.91 Å². The van der Waals surface area contributed by atoms with Crippen LogP contribution in [-0.2, 0) is 6.54 Å². The van der Waals surface area contributed by atoms with E-state index in [4.69, 9.17) is 0 Å². The molecule has 22 heavy (non-hydrogen) atoms. The maximum Gasteiger partial charge on any atom is 0.273 e. The van der Waals surface area contributed by atoms with Crippen LogP contribution in [0.25, 0.3) is 0 Å². The van der Waals surface area contributed by atoms with Crippen molar-refractivity contribution in [1.82, 2.24) is 20.3 Å². The molecular weight excluding hydrogens is 280 g/mol. The number of aliphatic hydroxyl groups is 1. The third-order valence-corrected chi connectivity index (χ3v) is 4.97. The molecule has 0 bridgehead atoms. The first-order valence-electron chi connectivity index (χ1n) is 8.60. The van der Waals surface area contributed by atoms with E-state index in [2.05, 4.69) is 15.6 Å². The van der Waals surface area contributed by atoms with Crippen molar-refractivity contribution in [1.29, 1.82) is 0 Å². The molecule has 0 aliphatic heterocycles. The van der Waals surface area contributed by atoms with Crippen LogP contribution < -0.4 is 5.32 Å². The predicted octanol–water partition coefficient (Wildman–Crippen LogP) is 1.89. The molecule has 1 aromatic heterocycles. The number of aromatic nitrogens is 3. The van der Waals surface area contributed by atoms with Crippen molar-refractivity contribution in [2.45, 2.75) is 76.5 Å². The van der Waals surface area contributed by atoms with Crippen LogP contribution in [0.4, 0.5) is 0 Å². The Bertz CT molecular complexity index is 488. The van der Waals surface area contributed by atoms with E-state index in [0.29, 0.717) is 11.6 Å². The van der Waals surface area contributed by atoms with Gasteiger partial charge < -0.3 is 10.4 Å². The van der Waals surface area contributed by atoms with Crippen molar-refractivity contribution in [2.75, 3.05) is 0 Å². The second-order valence-electron chi connectivity index (χ2n) is 6.81. The van der Waals surface area contributed by atoms with E-state index in [-0.39, 0.29) is 18.1 Å². The maximum atomic E-state index is 12.2. The highest BCUT2D eigenvalue weighted by atomic mass is 16.3. The van der Waals surface area contributed by atoms with E-state index in [1.165, 1.54) is 32.1 Å². The SMILES string of the molecule is O=C(NC1CCC(O)CC1)c1cn(CC2CCCCC2)nn1. The maximum absolute atomic E-state index is 12.2. The second kappa shape index (κ2) is 7.22. The number of nitrogens with one attached hydrogen (secondary N) is 1. The molecule has 2 saturated carbocycles. The molecule has 1 aromatic rings. The van der Waals surface area contributed by atoms with Crippen molar-refractivity contribution in [3.05, 3.63) is 11.9 Å². The van der Waals surface area contributed by atoms with E-state index in [0.717, 1.165) is 32.2 Å². The fraction of sp³-hybridized carbons (Fsp3) is 0.812. The van der Waals surface area contributed by atoms with Gasteiger partial charge in [0.05, 0.1) is 12.3 Å². The van der Waals surface area contributed by atoms with Crippen LogP contribution in [0.3, 0.4) is 0 Å². The summed E-state index contributed by atoms with van der Waals surface area (Å²) in [7, 11) is 0. The van der Waals surface area contributed by atoms with Crippen LogP contribution in [0.1, 0.15) is 68.3 Å². The highest BCUT2D eigenvalue weighted by Crippen LogP contribution is 2.24. The monoisotopic (exact) mass is 306 g/mol. The summed E-state index contributed by atoms with van der Waals surface area (Å²) < 4.78 is 1.82. The Kier molecular flexibility index (Phi) is 5.08. The first-order valence-corrected chi connectivity index (χ1v) is 8.60. The second-order valence-corrected chi connectivity index (χ2v) is 6.81. The summed E-state index contributed by atoms with van der Waals surface area (Å²) in [6, 6.07) is 0.152. The Morgan fingerprint density at radius 1 is 1.18 bits per heavy atom. The van der Waals surface area contributed by atoms with Gasteiger partial charge in [0.25, 0.3) is 5.91 Å². The number of hydrogen-bond donors (Lipinski definition) is 2. The minimum atomic E-state index is -0.204. The summed E-state index contributed by atoms with van der Waals surface area (Å²) in [6.45, 7) is 0.871. The molecule has 0 radical (unpaired) electrons. The van der Waals surface area contributed by atoms with Gasteiger partial charge in [0.15, 0.2) is 5.69 Å². The molecule has 0 atom stereocenters. The lowest BCUT2D eigenvalue weighted by atomic mass is 9.89. The van der Waals surface area contributed by atoms with Gasteiger partial charge in [-0.1, -0.05) is 24.5 Å². The highest BCUT2D eigenvalue weighted by molar-refractivity contribution is 5.92. The Balaban J connectivity index is 1.50. The fourth-order valence-electron chi connectivity index (χ4n) is 3.61. The summed E-state index contributed by atoms with van der Waals surface area (Å²) in [5.41, 5.74) is 0.405. The van der Waals surface area contributed by atoms with Crippen LogP contribution in [0.2, 0.25) is 0 Å². The first kappa shape index (κ1) is 15.5. The Morgan fingerprint density at radius 3 is 2.64 bits per heavy atom. The van der Waals surface area contributed by atoms with E-state index in [1.54, 1.807) is 6.20 Å². The van der Waals surface area contributed by atoms with Gasteiger partial charge in [0.2, 0.25) is 0 Å². The van der Waals surface area contributed by atoms with Gasteiger partial charge >= 0.3 is 0 Å². The fourth-order valence-corrected chi connectivity index (χ4v) is 3.61. The van der Waals surface area contributed by atoms with Crippen LogP contribution in [-0.4, -0.2) is 38.2 Å². The number of carbonyl (C=O) groups excluding carboxylic acids is 1. The van der Waals surface area contributed by atoms with Gasteiger partial charge in [-0.25, -0.2) is 0 Å². The summed E-state index contributed by atoms with van der Waals surface area (Å²) >= 11 is 0. The summed E-state index contributed by atoms with van der Waals surface area (Å²) in [5, 5.41) is 20.6. The third-order valence-electron chi connectivity index (χ3n) is 4.97. The molecular formula is C16H26N4O2. The molecule has 2 aliphatic carbocycles. The van der Waals surface area contributed by atoms with Gasteiger partial charge in [-0.2, -0.15) is 0 Å². The Hall–Kier alpha value is -1.43. The average molecular weight is 306 g/mol. The molecule has 2 N–H and O–H groups in total. The normalized spacial score (nSPS) is 26.8. The molecule has 0 aromatic carbocycles. The minimum absolute atomic E-state index is 0.142. The van der Waals surface area contributed by atoms with Crippen molar-refractivity contribution in [2.24, 2.45) is 5.92 Å². The zero-order valence-corrected chi connectivity index (χ0v) is 13.1. The molecule has 2 fully saturated rings. The predicted molar refractivity (Wildman–Crippen MR) is 82.3 cm³/mol. The van der Waals surface area contributed by atoms with E-state index in [9.17, 15) is 9.90 Å². The number of amides is 1. The van der Waals surface area contributed by atoms with Gasteiger partial charge in [-0.3, -0.25) is 9.48 Å². The van der Waals surface area contributed by atoms with Crippen molar-refractivity contribution in [3.8, 4) is 0 Å².